The third-order valence-corrected chi connectivity index (χ3v) is 3.82. The van der Waals surface area contributed by atoms with Crippen molar-refractivity contribution in [3.05, 3.63) is 66.3 Å². The zero-order valence-corrected chi connectivity index (χ0v) is 13.4. The largest absolute Gasteiger partial charge is 0.382 e. The van der Waals surface area contributed by atoms with Crippen molar-refractivity contribution in [1.82, 2.24) is 24.6 Å². The molecule has 0 aliphatic rings. The molecule has 26 heavy (non-hydrogen) atoms. The molecule has 0 atom stereocenters. The zero-order valence-electron chi connectivity index (χ0n) is 13.4. The van der Waals surface area contributed by atoms with Gasteiger partial charge in [-0.2, -0.15) is 0 Å². The second-order valence-electron chi connectivity index (χ2n) is 5.53. The van der Waals surface area contributed by atoms with Crippen molar-refractivity contribution in [3.8, 4) is 11.3 Å². The highest BCUT2D eigenvalue weighted by Crippen LogP contribution is 2.28. The van der Waals surface area contributed by atoms with Gasteiger partial charge in [0.2, 0.25) is 0 Å². The van der Waals surface area contributed by atoms with Crippen LogP contribution < -0.4 is 11.1 Å². The summed E-state index contributed by atoms with van der Waals surface area (Å²) in [7, 11) is 0. The Morgan fingerprint density at radius 1 is 1.12 bits per heavy atom. The molecule has 0 saturated carbocycles. The van der Waals surface area contributed by atoms with E-state index in [1.165, 1.54) is 18.5 Å². The first-order valence-electron chi connectivity index (χ1n) is 7.71. The van der Waals surface area contributed by atoms with Crippen molar-refractivity contribution in [2.24, 2.45) is 0 Å². The van der Waals surface area contributed by atoms with E-state index >= 15 is 0 Å². The van der Waals surface area contributed by atoms with Crippen LogP contribution in [0.4, 0.5) is 20.4 Å². The van der Waals surface area contributed by atoms with Gasteiger partial charge in [-0.1, -0.05) is 6.07 Å². The van der Waals surface area contributed by atoms with Crippen molar-refractivity contribution in [1.29, 1.82) is 0 Å². The molecular weight excluding hydrogens is 340 g/mol. The molecule has 0 amide bonds. The van der Waals surface area contributed by atoms with Crippen LogP contribution in [0.5, 0.6) is 0 Å². The lowest BCUT2D eigenvalue weighted by Crippen LogP contribution is -2.04. The molecule has 1 aromatic carbocycles. The van der Waals surface area contributed by atoms with Gasteiger partial charge >= 0.3 is 0 Å². The molecule has 9 heteroatoms. The van der Waals surface area contributed by atoms with Gasteiger partial charge in [0.15, 0.2) is 11.5 Å². The van der Waals surface area contributed by atoms with E-state index in [4.69, 9.17) is 5.73 Å². The summed E-state index contributed by atoms with van der Waals surface area (Å²) in [5, 5.41) is 7.19. The van der Waals surface area contributed by atoms with E-state index in [2.05, 4.69) is 25.4 Å². The number of benzene rings is 1. The zero-order chi connectivity index (χ0) is 18.1. The molecule has 3 N–H and O–H groups in total. The Morgan fingerprint density at radius 2 is 2.00 bits per heavy atom. The maximum atomic E-state index is 13.7. The summed E-state index contributed by atoms with van der Waals surface area (Å²) < 4.78 is 28.3. The van der Waals surface area contributed by atoms with Crippen LogP contribution in [0.3, 0.4) is 0 Å². The second-order valence-corrected chi connectivity index (χ2v) is 5.53. The van der Waals surface area contributed by atoms with E-state index in [0.29, 0.717) is 28.3 Å². The number of hydrogen-bond acceptors (Lipinski definition) is 6. The summed E-state index contributed by atoms with van der Waals surface area (Å²) in [6, 6.07) is 6.84. The molecule has 0 saturated heterocycles. The van der Waals surface area contributed by atoms with E-state index < -0.39 is 11.6 Å². The summed E-state index contributed by atoms with van der Waals surface area (Å²) in [4.78, 5) is 12.6. The van der Waals surface area contributed by atoms with Gasteiger partial charge in [-0.05, 0) is 12.1 Å². The molecule has 0 aliphatic carbocycles. The number of halogens is 2. The number of aromatic nitrogens is 5. The van der Waals surface area contributed by atoms with Gasteiger partial charge in [0, 0.05) is 36.6 Å². The van der Waals surface area contributed by atoms with Crippen molar-refractivity contribution in [2.75, 3.05) is 11.1 Å². The summed E-state index contributed by atoms with van der Waals surface area (Å²) in [5.41, 5.74) is 8.01. The maximum absolute atomic E-state index is 13.7. The lowest BCUT2D eigenvalue weighted by molar-refractivity contribution is 0.574. The number of rotatable bonds is 4. The van der Waals surface area contributed by atoms with E-state index in [-0.39, 0.29) is 12.4 Å². The van der Waals surface area contributed by atoms with Crippen LogP contribution in [-0.4, -0.2) is 24.6 Å². The highest BCUT2D eigenvalue weighted by Gasteiger charge is 2.15. The predicted molar refractivity (Wildman–Crippen MR) is 92.1 cm³/mol. The molecule has 0 aliphatic heterocycles. The third-order valence-electron chi connectivity index (χ3n) is 3.82. The topological polar surface area (TPSA) is 94.0 Å². The fourth-order valence-electron chi connectivity index (χ4n) is 2.59. The molecule has 130 valence electrons. The number of hydrogen-bond donors (Lipinski definition) is 2. The quantitative estimate of drug-likeness (QED) is 0.586. The fourth-order valence-corrected chi connectivity index (χ4v) is 2.59. The van der Waals surface area contributed by atoms with E-state index in [0.717, 1.165) is 6.07 Å². The molecule has 7 nitrogen and oxygen atoms in total. The summed E-state index contributed by atoms with van der Waals surface area (Å²) in [6.07, 6.45) is 4.74. The Kier molecular flexibility index (Phi) is 3.88. The minimum atomic E-state index is -0.622. The number of anilines is 2. The number of nitrogens with two attached hydrogens (primary N) is 1. The SMILES string of the molecule is Nc1nn2cccnc2c1-c1cc(NCc2ccc(F)cc2F)ncn1. The van der Waals surface area contributed by atoms with Gasteiger partial charge in [0.25, 0.3) is 0 Å². The average molecular weight is 353 g/mol. The monoisotopic (exact) mass is 353 g/mol. The maximum Gasteiger partial charge on any atom is 0.166 e. The highest BCUT2D eigenvalue weighted by molar-refractivity contribution is 5.84. The lowest BCUT2D eigenvalue weighted by Gasteiger charge is -2.08. The second kappa shape index (κ2) is 6.36. The van der Waals surface area contributed by atoms with Crippen LogP contribution in [0.1, 0.15) is 5.56 Å². The Hall–Kier alpha value is -3.62. The number of nitrogens with one attached hydrogen (secondary N) is 1. The first-order valence-corrected chi connectivity index (χ1v) is 7.71. The molecule has 4 aromatic rings. The van der Waals surface area contributed by atoms with Gasteiger partial charge < -0.3 is 11.1 Å². The van der Waals surface area contributed by atoms with Crippen molar-refractivity contribution in [3.63, 3.8) is 0 Å². The van der Waals surface area contributed by atoms with Gasteiger partial charge in [0.05, 0.1) is 11.3 Å². The first kappa shape index (κ1) is 15.9. The Balaban J connectivity index is 1.63. The minimum Gasteiger partial charge on any atom is -0.382 e. The van der Waals surface area contributed by atoms with Crippen molar-refractivity contribution in [2.45, 2.75) is 6.54 Å². The number of fused-ring (bicyclic) bond motifs is 1. The molecule has 0 radical (unpaired) electrons. The van der Waals surface area contributed by atoms with E-state index in [9.17, 15) is 8.78 Å². The smallest absolute Gasteiger partial charge is 0.166 e. The van der Waals surface area contributed by atoms with Gasteiger partial charge in [-0.3, -0.25) is 0 Å². The molecular formula is C17H13F2N7. The van der Waals surface area contributed by atoms with Crippen LogP contribution in [0, 0.1) is 11.6 Å². The van der Waals surface area contributed by atoms with E-state index in [1.807, 2.05) is 0 Å². The van der Waals surface area contributed by atoms with E-state index in [1.54, 1.807) is 29.0 Å². The summed E-state index contributed by atoms with van der Waals surface area (Å²) >= 11 is 0. The molecule has 0 fully saturated rings. The molecule has 0 spiro atoms. The van der Waals surface area contributed by atoms with Crippen molar-refractivity contribution >= 4 is 17.3 Å². The van der Waals surface area contributed by atoms with Crippen LogP contribution in [0.25, 0.3) is 16.9 Å². The lowest BCUT2D eigenvalue weighted by atomic mass is 10.2. The number of nitrogen functional groups attached to an aromatic ring is 1. The highest BCUT2D eigenvalue weighted by atomic mass is 19.1. The molecule has 3 aromatic heterocycles. The molecule has 3 heterocycles. The standard InChI is InChI=1S/C17H13F2N7/c18-11-3-2-10(12(19)6-11)8-22-14-7-13(23-9-24-14)15-16(20)25-26-5-1-4-21-17(15)26/h1-7,9H,8H2,(H2,20,25)(H,22,23,24). The summed E-state index contributed by atoms with van der Waals surface area (Å²) in [5.74, 6) is -0.485. The number of nitrogens with zero attached hydrogens (tertiary/aromatic N) is 5. The Morgan fingerprint density at radius 3 is 2.85 bits per heavy atom. The van der Waals surface area contributed by atoms with Crippen molar-refractivity contribution < 1.29 is 8.78 Å². The normalized spacial score (nSPS) is 11.0. The minimum absolute atomic E-state index is 0.144. The molecule has 0 unspecified atom stereocenters. The fraction of sp³-hybridized carbons (Fsp3) is 0.0588. The van der Waals surface area contributed by atoms with Gasteiger partial charge in [-0.15, -0.1) is 5.10 Å². The van der Waals surface area contributed by atoms with Crippen LogP contribution >= 0.6 is 0 Å². The van der Waals surface area contributed by atoms with Crippen LogP contribution in [0.15, 0.2) is 49.1 Å². The predicted octanol–water partition coefficient (Wildman–Crippen LogP) is 2.66. The summed E-state index contributed by atoms with van der Waals surface area (Å²) in [6.45, 7) is 0.144. The third kappa shape index (κ3) is 2.90. The molecule has 0 bridgehead atoms. The average Bonchev–Trinajstić information content (AvgIpc) is 2.97. The molecule has 4 rings (SSSR count). The first-order chi connectivity index (χ1) is 12.6. The van der Waals surface area contributed by atoms with Crippen LogP contribution in [-0.2, 0) is 6.54 Å². The van der Waals surface area contributed by atoms with Crippen LogP contribution in [0.2, 0.25) is 0 Å². The Bertz CT molecular complexity index is 1090. The van der Waals surface area contributed by atoms with Gasteiger partial charge in [0.1, 0.15) is 23.8 Å². The van der Waals surface area contributed by atoms with Gasteiger partial charge in [-0.25, -0.2) is 28.2 Å². The Labute approximate surface area is 146 Å².